The highest BCUT2D eigenvalue weighted by Gasteiger charge is 2.25. The molecule has 14 heavy (non-hydrogen) atoms. The maximum Gasteiger partial charge on any atom is 0.227 e. The van der Waals surface area contributed by atoms with Crippen LogP contribution in [0.15, 0.2) is 0 Å². The zero-order chi connectivity index (χ0) is 10.4. The molecule has 1 fully saturated rings. The molecule has 0 spiro atoms. The van der Waals surface area contributed by atoms with Gasteiger partial charge in [-0.25, -0.2) is 0 Å². The lowest BCUT2D eigenvalue weighted by atomic mass is 10.1. The molecule has 0 aliphatic carbocycles. The lowest BCUT2D eigenvalue weighted by Gasteiger charge is -2.20. The second kappa shape index (κ2) is 5.98. The quantitative estimate of drug-likeness (QED) is 0.640. The number of hydrogen-bond acceptors (Lipinski definition) is 3. The third-order valence-electron chi connectivity index (χ3n) is 2.58. The van der Waals surface area contributed by atoms with Crippen molar-refractivity contribution in [2.75, 3.05) is 40.4 Å². The van der Waals surface area contributed by atoms with Gasteiger partial charge in [0.2, 0.25) is 5.91 Å². The van der Waals surface area contributed by atoms with E-state index in [0.717, 1.165) is 32.5 Å². The second-order valence-corrected chi connectivity index (χ2v) is 3.78. The predicted molar refractivity (Wildman–Crippen MR) is 55.1 cm³/mol. The summed E-state index contributed by atoms with van der Waals surface area (Å²) in [5.74, 6) is 0.341. The molecule has 82 valence electrons. The van der Waals surface area contributed by atoms with E-state index >= 15 is 0 Å². The van der Waals surface area contributed by atoms with Crippen molar-refractivity contribution in [3.63, 3.8) is 0 Å². The van der Waals surface area contributed by atoms with Gasteiger partial charge in [0.15, 0.2) is 0 Å². The van der Waals surface area contributed by atoms with Crippen LogP contribution in [0.5, 0.6) is 0 Å². The molecule has 1 unspecified atom stereocenters. The normalized spacial score (nSPS) is 21.1. The summed E-state index contributed by atoms with van der Waals surface area (Å²) in [6.45, 7) is 3.13. The van der Waals surface area contributed by atoms with Gasteiger partial charge in [0.25, 0.3) is 0 Å². The molecule has 0 aromatic rings. The molecule has 1 N–H and O–H groups in total. The van der Waals surface area contributed by atoms with Gasteiger partial charge in [0, 0.05) is 20.2 Å². The van der Waals surface area contributed by atoms with E-state index in [9.17, 15) is 4.79 Å². The molecule has 1 saturated heterocycles. The van der Waals surface area contributed by atoms with Crippen LogP contribution in [-0.2, 0) is 9.53 Å². The average molecular weight is 200 g/mol. The van der Waals surface area contributed by atoms with Crippen molar-refractivity contribution in [3.05, 3.63) is 0 Å². The Morgan fingerprint density at radius 2 is 2.43 bits per heavy atom. The molecule has 1 heterocycles. The molecule has 1 aliphatic rings. The summed E-state index contributed by atoms with van der Waals surface area (Å²) in [4.78, 5) is 13.6. The fourth-order valence-electron chi connectivity index (χ4n) is 1.64. The molecule has 0 bridgehead atoms. The Labute approximate surface area is 85.6 Å². The van der Waals surface area contributed by atoms with E-state index in [4.69, 9.17) is 4.74 Å². The Kier molecular flexibility index (Phi) is 4.90. The molecular weight excluding hydrogens is 180 g/mol. The lowest BCUT2D eigenvalue weighted by molar-refractivity contribution is -0.134. The summed E-state index contributed by atoms with van der Waals surface area (Å²) in [6, 6.07) is 0. The molecule has 1 rings (SSSR count). The van der Waals surface area contributed by atoms with E-state index in [0.29, 0.717) is 6.61 Å². The van der Waals surface area contributed by atoms with Crippen molar-refractivity contribution in [2.45, 2.75) is 12.8 Å². The van der Waals surface area contributed by atoms with Crippen molar-refractivity contribution in [3.8, 4) is 0 Å². The van der Waals surface area contributed by atoms with E-state index in [2.05, 4.69) is 5.32 Å². The number of carbonyl (C=O) groups excluding carboxylic acids is 1. The summed E-state index contributed by atoms with van der Waals surface area (Å²) in [5, 5.41) is 3.07. The van der Waals surface area contributed by atoms with Crippen molar-refractivity contribution >= 4 is 5.91 Å². The highest BCUT2D eigenvalue weighted by atomic mass is 16.5. The van der Waals surface area contributed by atoms with Crippen molar-refractivity contribution in [2.24, 2.45) is 5.92 Å². The van der Waals surface area contributed by atoms with Gasteiger partial charge in [-0.15, -0.1) is 0 Å². The van der Waals surface area contributed by atoms with E-state index in [-0.39, 0.29) is 11.8 Å². The SMILES string of the molecule is CNCCCN(C)C(=O)C1CCOC1. The van der Waals surface area contributed by atoms with Crippen LogP contribution in [0.1, 0.15) is 12.8 Å². The van der Waals surface area contributed by atoms with Crippen molar-refractivity contribution in [1.82, 2.24) is 10.2 Å². The van der Waals surface area contributed by atoms with Crippen LogP contribution in [-0.4, -0.2) is 51.2 Å². The maximum absolute atomic E-state index is 11.8. The minimum absolute atomic E-state index is 0.106. The molecule has 1 atom stereocenters. The Morgan fingerprint density at radius 3 is 3.00 bits per heavy atom. The number of nitrogens with zero attached hydrogens (tertiary/aromatic N) is 1. The van der Waals surface area contributed by atoms with Gasteiger partial charge >= 0.3 is 0 Å². The van der Waals surface area contributed by atoms with Gasteiger partial charge < -0.3 is 15.0 Å². The van der Waals surface area contributed by atoms with Gasteiger partial charge in [0.1, 0.15) is 0 Å². The van der Waals surface area contributed by atoms with Gasteiger partial charge in [-0.05, 0) is 26.4 Å². The third kappa shape index (κ3) is 3.27. The van der Waals surface area contributed by atoms with Crippen LogP contribution < -0.4 is 5.32 Å². The number of rotatable bonds is 5. The summed E-state index contributed by atoms with van der Waals surface area (Å²) in [6.07, 6.45) is 1.89. The molecule has 4 heteroatoms. The van der Waals surface area contributed by atoms with Crippen LogP contribution in [0.3, 0.4) is 0 Å². The smallest absolute Gasteiger partial charge is 0.227 e. The van der Waals surface area contributed by atoms with Gasteiger partial charge in [-0.2, -0.15) is 0 Å². The van der Waals surface area contributed by atoms with E-state index in [1.807, 2.05) is 19.0 Å². The van der Waals surface area contributed by atoms with Gasteiger partial charge in [-0.1, -0.05) is 0 Å². The largest absolute Gasteiger partial charge is 0.381 e. The Hall–Kier alpha value is -0.610. The molecule has 0 aromatic heterocycles. The molecule has 0 saturated carbocycles. The highest BCUT2D eigenvalue weighted by Crippen LogP contribution is 2.14. The molecular formula is C10H20N2O2. The minimum atomic E-state index is 0.106. The molecule has 0 aromatic carbocycles. The van der Waals surface area contributed by atoms with E-state index in [1.165, 1.54) is 0 Å². The first-order valence-electron chi connectivity index (χ1n) is 5.23. The minimum Gasteiger partial charge on any atom is -0.381 e. The van der Waals surface area contributed by atoms with Crippen LogP contribution in [0.4, 0.5) is 0 Å². The van der Waals surface area contributed by atoms with Gasteiger partial charge in [0.05, 0.1) is 12.5 Å². The van der Waals surface area contributed by atoms with Crippen LogP contribution in [0.25, 0.3) is 0 Å². The predicted octanol–water partition coefficient (Wildman–Crippen LogP) is 0.0908. The standard InChI is InChI=1S/C10H20N2O2/c1-11-5-3-6-12(2)10(13)9-4-7-14-8-9/h9,11H,3-8H2,1-2H3. The summed E-state index contributed by atoms with van der Waals surface area (Å²) >= 11 is 0. The van der Waals surface area contributed by atoms with Crippen LogP contribution >= 0.6 is 0 Å². The maximum atomic E-state index is 11.8. The first-order valence-corrected chi connectivity index (χ1v) is 5.23. The number of amides is 1. The van der Waals surface area contributed by atoms with Crippen molar-refractivity contribution in [1.29, 1.82) is 0 Å². The number of ether oxygens (including phenoxy) is 1. The zero-order valence-corrected chi connectivity index (χ0v) is 9.08. The van der Waals surface area contributed by atoms with E-state index in [1.54, 1.807) is 0 Å². The second-order valence-electron chi connectivity index (χ2n) is 3.78. The number of hydrogen-bond donors (Lipinski definition) is 1. The topological polar surface area (TPSA) is 41.6 Å². The lowest BCUT2D eigenvalue weighted by Crippen LogP contribution is -2.34. The summed E-state index contributed by atoms with van der Waals surface area (Å²) in [7, 11) is 3.79. The molecule has 1 aliphatic heterocycles. The monoisotopic (exact) mass is 200 g/mol. The third-order valence-corrected chi connectivity index (χ3v) is 2.58. The highest BCUT2D eigenvalue weighted by molar-refractivity contribution is 5.78. The van der Waals surface area contributed by atoms with Crippen LogP contribution in [0, 0.1) is 5.92 Å². The Balaban J connectivity index is 2.21. The first-order chi connectivity index (χ1) is 6.75. The average Bonchev–Trinajstić information content (AvgIpc) is 2.69. The summed E-state index contributed by atoms with van der Waals surface area (Å²) < 4.78 is 5.19. The van der Waals surface area contributed by atoms with E-state index < -0.39 is 0 Å². The van der Waals surface area contributed by atoms with Gasteiger partial charge in [-0.3, -0.25) is 4.79 Å². The fraction of sp³-hybridized carbons (Fsp3) is 0.900. The number of nitrogens with one attached hydrogen (secondary N) is 1. The Bertz CT molecular complexity index is 179. The summed E-state index contributed by atoms with van der Waals surface area (Å²) in [5.41, 5.74) is 0. The molecule has 0 radical (unpaired) electrons. The zero-order valence-electron chi connectivity index (χ0n) is 9.08. The number of carbonyl (C=O) groups is 1. The first kappa shape index (κ1) is 11.5. The fourth-order valence-corrected chi connectivity index (χ4v) is 1.64. The van der Waals surface area contributed by atoms with Crippen LogP contribution in [0.2, 0.25) is 0 Å². The molecule has 4 nitrogen and oxygen atoms in total. The van der Waals surface area contributed by atoms with Crippen molar-refractivity contribution < 1.29 is 9.53 Å². The molecule has 1 amide bonds. The Morgan fingerprint density at radius 1 is 1.64 bits per heavy atom.